The lowest BCUT2D eigenvalue weighted by Gasteiger charge is -2.44. The third kappa shape index (κ3) is 8.51. The molecule has 0 fully saturated rings. The Morgan fingerprint density at radius 2 is 0.718 bits per heavy atom. The molecule has 1 aromatic heterocycles. The minimum absolute atomic E-state index is 0.277. The van der Waals surface area contributed by atoms with E-state index in [0.717, 1.165) is 16.7 Å². The van der Waals surface area contributed by atoms with Crippen LogP contribution < -0.4 is 31.2 Å². The number of nitrogens with zero attached hydrogens (tertiary/aromatic N) is 2. The lowest BCUT2D eigenvalue weighted by atomic mass is 9.12. The van der Waals surface area contributed by atoms with E-state index < -0.39 is 150 Å². The maximum absolute atomic E-state index is 15.4. The van der Waals surface area contributed by atoms with Gasteiger partial charge in [-0.15, -0.1) is 21.9 Å². The van der Waals surface area contributed by atoms with Gasteiger partial charge in [-0.1, -0.05) is 60.7 Å². The van der Waals surface area contributed by atoms with Crippen molar-refractivity contribution in [1.82, 2.24) is 4.98 Å². The lowest BCUT2D eigenvalue weighted by Crippen LogP contribution is -2.81. The number of hydrogen-bond donors (Lipinski definition) is 0. The largest absolute Gasteiger partial charge is 0.422 e. The predicted molar refractivity (Wildman–Crippen MR) is 207 cm³/mol. The van der Waals surface area contributed by atoms with Gasteiger partial charge in [-0.2, -0.15) is 4.57 Å². The molecule has 0 atom stereocenters. The van der Waals surface area contributed by atoms with Crippen molar-refractivity contribution in [2.24, 2.45) is 0 Å². The zero-order chi connectivity index (χ0) is 52.1. The quantitative estimate of drug-likeness (QED) is 0.0381. The van der Waals surface area contributed by atoms with Crippen LogP contribution in [-0.2, 0) is 6.54 Å². The Bertz CT molecular complexity index is 3000. The number of fused-ring (bicyclic) bond motifs is 1. The van der Waals surface area contributed by atoms with Crippen LogP contribution in [0.25, 0.3) is 11.1 Å². The molecule has 6 aromatic rings. The van der Waals surface area contributed by atoms with E-state index in [2.05, 4.69) is 4.98 Å². The maximum Gasteiger partial charge on any atom is 0.368 e. The first-order valence-corrected chi connectivity index (χ1v) is 19.3. The molecular weight excluding hydrogens is 1000 g/mol. The van der Waals surface area contributed by atoms with Gasteiger partial charge in [0.05, 0.1) is 6.20 Å². The highest BCUT2D eigenvalue weighted by atomic mass is 19.2. The summed E-state index contributed by atoms with van der Waals surface area (Å²) in [5, 5.41) is 0. The van der Waals surface area contributed by atoms with Crippen molar-refractivity contribution in [3.8, 4) is 16.9 Å². The van der Waals surface area contributed by atoms with E-state index >= 15 is 35.1 Å². The topological polar surface area (TPSA) is 43.1 Å². The fraction of sp³-hybridized carbons (Fsp3) is 0.0217. The number of rotatable bonds is 8. The van der Waals surface area contributed by atoms with Gasteiger partial charge < -0.3 is 4.74 Å². The molecule has 71 heavy (non-hydrogen) atoms. The number of carbonyl (C=O) groups is 1. The summed E-state index contributed by atoms with van der Waals surface area (Å²) in [5.41, 5.74) is -10.8. The molecule has 0 aliphatic heterocycles. The zero-order valence-corrected chi connectivity index (χ0v) is 34.2. The van der Waals surface area contributed by atoms with Crippen LogP contribution in [0.2, 0.25) is 0 Å². The first-order chi connectivity index (χ1) is 33.5. The Hall–Kier alpha value is -7.99. The molecule has 8 rings (SSSR count). The van der Waals surface area contributed by atoms with Crippen molar-refractivity contribution in [2.45, 2.75) is 6.54 Å². The molecule has 2 aliphatic carbocycles. The normalized spacial score (nSPS) is 11.5. The van der Waals surface area contributed by atoms with Crippen molar-refractivity contribution in [1.29, 1.82) is 0 Å². The second-order valence-electron chi connectivity index (χ2n) is 14.8. The van der Waals surface area contributed by atoms with Gasteiger partial charge in [-0.3, -0.25) is 0 Å². The third-order valence-corrected chi connectivity index (χ3v) is 10.8. The van der Waals surface area contributed by atoms with Crippen LogP contribution in [0.4, 0.5) is 87.8 Å². The van der Waals surface area contributed by atoms with E-state index in [4.69, 9.17) is 4.74 Å². The Kier molecular flexibility index (Phi) is 13.9. The number of hydrogen-bond acceptors (Lipinski definition) is 3. The minimum atomic E-state index is -7.22. The van der Waals surface area contributed by atoms with Crippen molar-refractivity contribution < 1.29 is 102 Å². The van der Waals surface area contributed by atoms with Gasteiger partial charge in [0.2, 0.25) is 11.9 Å². The van der Waals surface area contributed by atoms with Gasteiger partial charge in [0.25, 0.3) is 0 Å². The van der Waals surface area contributed by atoms with Gasteiger partial charge in [0.1, 0.15) is 58.4 Å². The molecule has 5 aromatic carbocycles. The summed E-state index contributed by atoms with van der Waals surface area (Å²) in [7, 11) is 0. The Morgan fingerprint density at radius 1 is 0.423 bits per heavy atom. The Morgan fingerprint density at radius 3 is 1.04 bits per heavy atom. The van der Waals surface area contributed by atoms with Crippen LogP contribution in [0.1, 0.15) is 16.1 Å². The molecule has 0 spiro atoms. The minimum Gasteiger partial charge on any atom is -0.422 e. The van der Waals surface area contributed by atoms with E-state index in [1.165, 1.54) is 0 Å². The first-order valence-electron chi connectivity index (χ1n) is 19.3. The molecule has 0 amide bonds. The second kappa shape index (κ2) is 19.4. The van der Waals surface area contributed by atoms with E-state index in [1.807, 2.05) is 83.6 Å². The van der Waals surface area contributed by atoms with E-state index in [9.17, 15) is 57.5 Å². The number of halogens is 20. The molecule has 25 heteroatoms. The Balaban J connectivity index is 0.000000240. The summed E-state index contributed by atoms with van der Waals surface area (Å²) in [5.74, 6) is -71.3. The molecule has 0 radical (unpaired) electrons. The van der Waals surface area contributed by atoms with Crippen molar-refractivity contribution in [2.75, 3.05) is 0 Å². The molecule has 366 valence electrons. The standard InChI is InChI=1S/C24BF20.C22H17N2O2/c26-5-1(6(27)14(35)21(42)13(5)34)25(2-7(28)15(36)22(43)16(37)8(2)29,3-9(30)17(38)23(44)18(39)10(3)31)4-11(32)19(40)24(45)20(41)12(4)33;25-22(26-20-13-18-9-5-2-6-10-19(18)14-20)21-16-24(12-11-23-21)15-17-7-3-1-4-8-17/h;1-14,16H,15H2/q-1;+1. The van der Waals surface area contributed by atoms with Crippen LogP contribution >= 0.6 is 0 Å². The second-order valence-corrected chi connectivity index (χ2v) is 14.8. The van der Waals surface area contributed by atoms with Crippen LogP contribution in [0.5, 0.6) is 5.75 Å². The fourth-order valence-electron chi connectivity index (χ4n) is 7.71. The van der Waals surface area contributed by atoms with Crippen LogP contribution in [0.3, 0.4) is 0 Å². The molecule has 0 bridgehead atoms. The molecule has 1 heterocycles. The monoisotopic (exact) mass is 1020 g/mol. The number of benzene rings is 5. The molecule has 2 aliphatic rings. The number of esters is 1. The highest BCUT2D eigenvalue weighted by Gasteiger charge is 2.52. The molecule has 4 nitrogen and oxygen atoms in total. The summed E-state index contributed by atoms with van der Waals surface area (Å²) in [6.45, 7) is 0.667. The van der Waals surface area contributed by atoms with Crippen molar-refractivity contribution in [3.05, 3.63) is 219 Å². The molecular formula is C46H17BF20N2O2. The zero-order valence-electron chi connectivity index (χ0n) is 34.2. The highest BCUT2D eigenvalue weighted by molar-refractivity contribution is 7.20. The Labute approximate surface area is 382 Å². The van der Waals surface area contributed by atoms with E-state index in [-0.39, 0.29) is 5.69 Å². The molecule has 0 saturated heterocycles. The van der Waals surface area contributed by atoms with Gasteiger partial charge in [0.15, 0.2) is 82.5 Å². The molecule has 0 unspecified atom stereocenters. The average Bonchev–Trinajstić information content (AvgIpc) is 3.60. The summed E-state index contributed by atoms with van der Waals surface area (Å²) in [6, 6.07) is 23.6. The fourth-order valence-corrected chi connectivity index (χ4v) is 7.71. The van der Waals surface area contributed by atoms with E-state index in [0.29, 0.717) is 12.3 Å². The highest BCUT2D eigenvalue weighted by Crippen LogP contribution is 2.32. The predicted octanol–water partition coefficient (Wildman–Crippen LogP) is 9.59. The number of carbonyl (C=O) groups excluding carboxylic acids is 1. The van der Waals surface area contributed by atoms with Gasteiger partial charge in [0, 0.05) is 5.56 Å². The van der Waals surface area contributed by atoms with Crippen LogP contribution in [-0.4, -0.2) is 17.1 Å². The smallest absolute Gasteiger partial charge is 0.368 e. The number of aromatic nitrogens is 2. The first kappa shape index (κ1) is 50.9. The van der Waals surface area contributed by atoms with Gasteiger partial charge >= 0.3 is 5.97 Å². The average molecular weight is 1020 g/mol. The lowest BCUT2D eigenvalue weighted by molar-refractivity contribution is -0.689. The number of ether oxygens (including phenoxy) is 1. The van der Waals surface area contributed by atoms with Crippen molar-refractivity contribution >= 4 is 34.0 Å². The maximum atomic E-state index is 15.4. The van der Waals surface area contributed by atoms with Crippen molar-refractivity contribution in [3.63, 3.8) is 0 Å². The van der Waals surface area contributed by atoms with E-state index in [1.54, 1.807) is 12.4 Å². The molecule has 0 saturated carbocycles. The van der Waals surface area contributed by atoms with Gasteiger partial charge in [-0.25, -0.2) is 97.6 Å². The van der Waals surface area contributed by atoms with Crippen LogP contribution in [0, 0.1) is 116 Å². The summed E-state index contributed by atoms with van der Waals surface area (Å²) in [4.78, 5) is 16.6. The summed E-state index contributed by atoms with van der Waals surface area (Å²) >= 11 is 0. The summed E-state index contributed by atoms with van der Waals surface area (Å²) < 4.78 is 301. The third-order valence-electron chi connectivity index (χ3n) is 10.8. The SMILES string of the molecule is Fc1c(F)c(F)c([B-](c2c(F)c(F)c(F)c(F)c2F)(c2c(F)c(F)c(F)c(F)c2F)c2c(F)c(F)c(F)c(F)c2F)c(F)c1F.O=C(Oc1cc2cccccc-2c1)c1c[n+](Cc2ccccc2)ccn1. The van der Waals surface area contributed by atoms with Crippen LogP contribution in [0.15, 0.2) is 91.4 Å². The molecule has 0 N–H and O–H groups in total. The summed E-state index contributed by atoms with van der Waals surface area (Å²) in [6.07, 6.45) is -2.06. The van der Waals surface area contributed by atoms with Gasteiger partial charge in [-0.05, 0) is 23.3 Å².